The van der Waals surface area contributed by atoms with E-state index in [1.54, 1.807) is 18.2 Å². The van der Waals surface area contributed by atoms with E-state index in [2.05, 4.69) is 15.2 Å². The van der Waals surface area contributed by atoms with Gasteiger partial charge in [0.15, 0.2) is 16.6 Å². The zero-order valence-corrected chi connectivity index (χ0v) is 20.4. The topological polar surface area (TPSA) is 84.0 Å². The standard InChI is InChI=1S/C25H23ClN4O4S/c26-17-3-1-2-4-18(17)29-9-11-30(12-10-29)24(32)16-6-8-21-22(16)27-25(35-21)28-23(31)15-5-7-19-20(13-15)34-14-33-19/h1-5,7,13,16H,6,8-12,14H2,(H,27,28,31). The van der Waals surface area contributed by atoms with Crippen molar-refractivity contribution in [2.24, 2.45) is 0 Å². The molecule has 1 aliphatic carbocycles. The van der Waals surface area contributed by atoms with Gasteiger partial charge in [0.05, 0.1) is 22.3 Å². The highest BCUT2D eigenvalue weighted by molar-refractivity contribution is 7.16. The fourth-order valence-electron chi connectivity index (χ4n) is 4.82. The lowest BCUT2D eigenvalue weighted by molar-refractivity contribution is -0.133. The fourth-order valence-corrected chi connectivity index (χ4v) is 6.11. The molecule has 1 unspecified atom stereocenters. The molecule has 0 radical (unpaired) electrons. The van der Waals surface area contributed by atoms with Gasteiger partial charge in [0, 0.05) is 36.6 Å². The second kappa shape index (κ2) is 9.05. The normalized spacial score (nSPS) is 18.5. The number of rotatable bonds is 4. The summed E-state index contributed by atoms with van der Waals surface area (Å²) in [5, 5.41) is 4.12. The van der Waals surface area contributed by atoms with Crippen molar-refractivity contribution in [3.8, 4) is 11.5 Å². The monoisotopic (exact) mass is 510 g/mol. The number of carbonyl (C=O) groups is 2. The number of nitrogens with zero attached hydrogens (tertiary/aromatic N) is 3. The van der Waals surface area contributed by atoms with Crippen LogP contribution in [0.15, 0.2) is 42.5 Å². The number of carbonyl (C=O) groups excluding carboxylic acids is 2. The van der Waals surface area contributed by atoms with Crippen molar-refractivity contribution in [2.45, 2.75) is 18.8 Å². The van der Waals surface area contributed by atoms with Crippen LogP contribution >= 0.6 is 22.9 Å². The first-order chi connectivity index (χ1) is 17.1. The van der Waals surface area contributed by atoms with Crippen molar-refractivity contribution in [1.29, 1.82) is 0 Å². The van der Waals surface area contributed by atoms with Crippen molar-refractivity contribution >= 4 is 45.6 Å². The molecule has 1 saturated heterocycles. The summed E-state index contributed by atoms with van der Waals surface area (Å²) in [6.45, 7) is 2.93. The summed E-state index contributed by atoms with van der Waals surface area (Å²) in [5.74, 6) is 0.767. The number of fused-ring (bicyclic) bond motifs is 2. The molecule has 2 aromatic carbocycles. The number of aryl methyl sites for hydroxylation is 1. The molecule has 1 atom stereocenters. The number of halogens is 1. The lowest BCUT2D eigenvalue weighted by atomic mass is 10.1. The zero-order valence-electron chi connectivity index (χ0n) is 18.8. The quantitative estimate of drug-likeness (QED) is 0.567. The molecule has 3 heterocycles. The highest BCUT2D eigenvalue weighted by Gasteiger charge is 2.36. The average molecular weight is 511 g/mol. The summed E-state index contributed by atoms with van der Waals surface area (Å²) in [7, 11) is 0. The lowest BCUT2D eigenvalue weighted by Gasteiger charge is -2.37. The number of anilines is 2. The van der Waals surface area contributed by atoms with E-state index in [1.165, 1.54) is 11.3 Å². The molecule has 1 fully saturated rings. The number of thiazole rings is 1. The number of hydrogen-bond acceptors (Lipinski definition) is 7. The Balaban J connectivity index is 1.10. The van der Waals surface area contributed by atoms with Crippen LogP contribution < -0.4 is 19.7 Å². The van der Waals surface area contributed by atoms with Gasteiger partial charge in [-0.05, 0) is 43.2 Å². The Kier molecular flexibility index (Phi) is 5.74. The Hall–Kier alpha value is -3.30. The molecular weight excluding hydrogens is 488 g/mol. The molecule has 1 N–H and O–H groups in total. The van der Waals surface area contributed by atoms with Gasteiger partial charge in [-0.2, -0.15) is 0 Å². The van der Waals surface area contributed by atoms with E-state index < -0.39 is 0 Å². The molecule has 3 aliphatic rings. The largest absolute Gasteiger partial charge is 0.454 e. The van der Waals surface area contributed by atoms with Gasteiger partial charge in [-0.15, -0.1) is 11.3 Å². The lowest BCUT2D eigenvalue weighted by Crippen LogP contribution is -2.50. The van der Waals surface area contributed by atoms with Gasteiger partial charge in [0.25, 0.3) is 5.91 Å². The van der Waals surface area contributed by atoms with Crippen LogP contribution in [0, 0.1) is 0 Å². The predicted octanol–water partition coefficient (Wildman–Crippen LogP) is 4.16. The van der Waals surface area contributed by atoms with Gasteiger partial charge in [0.1, 0.15) is 0 Å². The first kappa shape index (κ1) is 22.2. The van der Waals surface area contributed by atoms with Gasteiger partial charge in [-0.3, -0.25) is 14.9 Å². The maximum absolute atomic E-state index is 13.4. The van der Waals surface area contributed by atoms with Crippen molar-refractivity contribution in [2.75, 3.05) is 43.2 Å². The number of hydrogen-bond donors (Lipinski definition) is 1. The van der Waals surface area contributed by atoms with Crippen LogP contribution in [0.1, 0.15) is 33.3 Å². The summed E-state index contributed by atoms with van der Waals surface area (Å²) in [6.07, 6.45) is 1.55. The summed E-state index contributed by atoms with van der Waals surface area (Å²) >= 11 is 7.79. The predicted molar refractivity (Wildman–Crippen MR) is 134 cm³/mol. The first-order valence-electron chi connectivity index (χ1n) is 11.6. The number of piperazine rings is 1. The Morgan fingerprint density at radius 1 is 1.06 bits per heavy atom. The molecular formula is C25H23ClN4O4S. The van der Waals surface area contributed by atoms with E-state index in [4.69, 9.17) is 21.1 Å². The number of nitrogens with one attached hydrogen (secondary N) is 1. The molecule has 0 saturated carbocycles. The third kappa shape index (κ3) is 4.19. The van der Waals surface area contributed by atoms with Gasteiger partial charge < -0.3 is 19.3 Å². The average Bonchev–Trinajstić information content (AvgIpc) is 3.59. The Morgan fingerprint density at radius 2 is 1.86 bits per heavy atom. The summed E-state index contributed by atoms with van der Waals surface area (Å²) < 4.78 is 10.7. The van der Waals surface area contributed by atoms with Gasteiger partial charge in [0.2, 0.25) is 12.7 Å². The SMILES string of the molecule is O=C(Nc1nc2c(s1)CCC2C(=O)N1CCN(c2ccccc2Cl)CC1)c1ccc2c(c1)OCO2. The maximum atomic E-state index is 13.4. The third-order valence-electron chi connectivity index (χ3n) is 6.66. The van der Waals surface area contributed by atoms with Crippen molar-refractivity contribution < 1.29 is 19.1 Å². The first-order valence-corrected chi connectivity index (χ1v) is 12.7. The Morgan fingerprint density at radius 3 is 2.69 bits per heavy atom. The van der Waals surface area contributed by atoms with E-state index >= 15 is 0 Å². The zero-order chi connectivity index (χ0) is 23.9. The van der Waals surface area contributed by atoms with E-state index in [0.717, 1.165) is 47.2 Å². The van der Waals surface area contributed by atoms with Crippen molar-refractivity contribution in [3.05, 3.63) is 63.6 Å². The maximum Gasteiger partial charge on any atom is 0.257 e. The van der Waals surface area contributed by atoms with E-state index in [9.17, 15) is 9.59 Å². The van der Waals surface area contributed by atoms with E-state index in [0.29, 0.717) is 35.3 Å². The second-order valence-electron chi connectivity index (χ2n) is 8.70. The van der Waals surface area contributed by atoms with Gasteiger partial charge in [-0.1, -0.05) is 23.7 Å². The molecule has 35 heavy (non-hydrogen) atoms. The summed E-state index contributed by atoms with van der Waals surface area (Å²) in [6, 6.07) is 12.9. The van der Waals surface area contributed by atoms with Crippen LogP contribution in [0.4, 0.5) is 10.8 Å². The van der Waals surface area contributed by atoms with E-state index in [-0.39, 0.29) is 24.5 Å². The molecule has 2 amide bonds. The molecule has 3 aromatic rings. The molecule has 0 spiro atoms. The van der Waals surface area contributed by atoms with Crippen molar-refractivity contribution in [1.82, 2.24) is 9.88 Å². The van der Waals surface area contributed by atoms with Crippen LogP contribution in [0.25, 0.3) is 0 Å². The van der Waals surface area contributed by atoms with Crippen LogP contribution in [-0.4, -0.2) is 54.7 Å². The number of aromatic nitrogens is 1. The molecule has 10 heteroatoms. The fraction of sp³-hybridized carbons (Fsp3) is 0.320. The number of ether oxygens (including phenoxy) is 2. The highest BCUT2D eigenvalue weighted by atomic mass is 35.5. The van der Waals surface area contributed by atoms with Crippen LogP contribution in [-0.2, 0) is 11.2 Å². The van der Waals surface area contributed by atoms with Crippen LogP contribution in [0.5, 0.6) is 11.5 Å². The minimum Gasteiger partial charge on any atom is -0.454 e. The minimum atomic E-state index is -0.269. The third-order valence-corrected chi connectivity index (χ3v) is 8.02. The molecule has 1 aromatic heterocycles. The number of para-hydroxylation sites is 1. The molecule has 6 rings (SSSR count). The van der Waals surface area contributed by atoms with E-state index in [1.807, 2.05) is 29.2 Å². The van der Waals surface area contributed by atoms with Gasteiger partial charge >= 0.3 is 0 Å². The number of benzene rings is 2. The molecule has 180 valence electrons. The molecule has 0 bridgehead atoms. The Bertz CT molecular complexity index is 1300. The highest BCUT2D eigenvalue weighted by Crippen LogP contribution is 2.40. The van der Waals surface area contributed by atoms with Crippen molar-refractivity contribution in [3.63, 3.8) is 0 Å². The molecule has 8 nitrogen and oxygen atoms in total. The summed E-state index contributed by atoms with van der Waals surface area (Å²) in [5.41, 5.74) is 2.27. The summed E-state index contributed by atoms with van der Waals surface area (Å²) in [4.78, 5) is 36.0. The smallest absolute Gasteiger partial charge is 0.257 e. The Labute approximate surface area is 211 Å². The van der Waals surface area contributed by atoms with Crippen LogP contribution in [0.3, 0.4) is 0 Å². The van der Waals surface area contributed by atoms with Gasteiger partial charge in [-0.25, -0.2) is 4.98 Å². The minimum absolute atomic E-state index is 0.113. The molecule has 2 aliphatic heterocycles. The number of amides is 2. The van der Waals surface area contributed by atoms with Crippen LogP contribution in [0.2, 0.25) is 5.02 Å². The second-order valence-corrected chi connectivity index (χ2v) is 10.2.